The fourth-order valence-electron chi connectivity index (χ4n) is 0.914. The maximum Gasteiger partial charge on any atom is 0.199 e. The van der Waals surface area contributed by atoms with Crippen molar-refractivity contribution in [2.75, 3.05) is 6.54 Å². The summed E-state index contributed by atoms with van der Waals surface area (Å²) in [5.74, 6) is 0.783. The Balaban J connectivity index is 2.77. The van der Waals surface area contributed by atoms with Gasteiger partial charge in [0.05, 0.1) is 5.69 Å². The average molecular weight is 168 g/mol. The number of oxazole rings is 1. The third kappa shape index (κ3) is 2.08. The second kappa shape index (κ2) is 3.27. The lowest BCUT2D eigenvalue weighted by Gasteiger charge is -2.11. The SMILES string of the molecule is CC(C)(C)c1nc(CCN)co1. The van der Waals surface area contributed by atoms with Gasteiger partial charge in [0, 0.05) is 11.8 Å². The second-order valence-electron chi connectivity index (χ2n) is 3.93. The van der Waals surface area contributed by atoms with Gasteiger partial charge in [0.25, 0.3) is 0 Å². The predicted molar refractivity (Wildman–Crippen MR) is 48.0 cm³/mol. The van der Waals surface area contributed by atoms with Crippen molar-refractivity contribution in [1.29, 1.82) is 0 Å². The summed E-state index contributed by atoms with van der Waals surface area (Å²) in [5.41, 5.74) is 6.34. The summed E-state index contributed by atoms with van der Waals surface area (Å²) in [6.07, 6.45) is 2.48. The monoisotopic (exact) mass is 168 g/mol. The molecule has 0 aliphatic carbocycles. The highest BCUT2D eigenvalue weighted by molar-refractivity contribution is 5.04. The lowest BCUT2D eigenvalue weighted by atomic mass is 9.97. The molecule has 12 heavy (non-hydrogen) atoms. The average Bonchev–Trinajstić information content (AvgIpc) is 2.35. The molecule has 0 atom stereocenters. The highest BCUT2D eigenvalue weighted by Crippen LogP contribution is 2.20. The summed E-state index contributed by atoms with van der Waals surface area (Å²) < 4.78 is 5.31. The molecule has 0 aliphatic rings. The van der Waals surface area contributed by atoms with Crippen molar-refractivity contribution in [3.63, 3.8) is 0 Å². The van der Waals surface area contributed by atoms with Gasteiger partial charge in [-0.05, 0) is 6.54 Å². The molecule has 1 heterocycles. The van der Waals surface area contributed by atoms with E-state index in [1.54, 1.807) is 6.26 Å². The van der Waals surface area contributed by atoms with E-state index in [-0.39, 0.29) is 5.41 Å². The Bertz CT molecular complexity index is 247. The minimum absolute atomic E-state index is 0.00709. The van der Waals surface area contributed by atoms with Crippen LogP contribution in [0.25, 0.3) is 0 Å². The third-order valence-electron chi connectivity index (χ3n) is 1.59. The highest BCUT2D eigenvalue weighted by atomic mass is 16.3. The summed E-state index contributed by atoms with van der Waals surface area (Å²) in [6.45, 7) is 6.84. The van der Waals surface area contributed by atoms with Gasteiger partial charge in [-0.25, -0.2) is 4.98 Å². The quantitative estimate of drug-likeness (QED) is 0.727. The molecule has 0 spiro atoms. The first kappa shape index (κ1) is 9.26. The van der Waals surface area contributed by atoms with Crippen LogP contribution in [-0.2, 0) is 11.8 Å². The van der Waals surface area contributed by atoms with E-state index < -0.39 is 0 Å². The molecule has 2 N–H and O–H groups in total. The fraction of sp³-hybridized carbons (Fsp3) is 0.667. The van der Waals surface area contributed by atoms with Crippen molar-refractivity contribution >= 4 is 0 Å². The Morgan fingerprint density at radius 3 is 2.58 bits per heavy atom. The van der Waals surface area contributed by atoms with Gasteiger partial charge in [0.1, 0.15) is 6.26 Å². The first-order valence-corrected chi connectivity index (χ1v) is 4.19. The van der Waals surface area contributed by atoms with Crippen LogP contribution in [0.2, 0.25) is 0 Å². The number of rotatable bonds is 2. The molecular weight excluding hydrogens is 152 g/mol. The maximum atomic E-state index is 5.40. The minimum Gasteiger partial charge on any atom is -0.448 e. The Morgan fingerprint density at radius 1 is 1.50 bits per heavy atom. The number of hydrogen-bond acceptors (Lipinski definition) is 3. The van der Waals surface area contributed by atoms with Gasteiger partial charge in [-0.1, -0.05) is 20.8 Å². The largest absolute Gasteiger partial charge is 0.448 e. The van der Waals surface area contributed by atoms with Crippen molar-refractivity contribution in [2.45, 2.75) is 32.6 Å². The summed E-state index contributed by atoms with van der Waals surface area (Å²) in [6, 6.07) is 0. The minimum atomic E-state index is -0.00709. The fourth-order valence-corrected chi connectivity index (χ4v) is 0.914. The molecule has 0 amide bonds. The molecule has 0 aliphatic heterocycles. The molecule has 0 bridgehead atoms. The zero-order valence-corrected chi connectivity index (χ0v) is 7.92. The molecule has 3 nitrogen and oxygen atoms in total. The molecular formula is C9H16N2O. The van der Waals surface area contributed by atoms with Gasteiger partial charge in [0.2, 0.25) is 0 Å². The van der Waals surface area contributed by atoms with Crippen LogP contribution in [0.5, 0.6) is 0 Å². The van der Waals surface area contributed by atoms with Gasteiger partial charge in [-0.2, -0.15) is 0 Å². The standard InChI is InChI=1S/C9H16N2O/c1-9(2,3)8-11-7(4-5-10)6-12-8/h6H,4-5,10H2,1-3H3. The molecule has 1 aromatic heterocycles. The zero-order chi connectivity index (χ0) is 9.19. The van der Waals surface area contributed by atoms with E-state index in [1.807, 2.05) is 0 Å². The Labute approximate surface area is 73.0 Å². The summed E-state index contributed by atoms with van der Waals surface area (Å²) in [4.78, 5) is 4.32. The van der Waals surface area contributed by atoms with Crippen LogP contribution in [0.1, 0.15) is 32.4 Å². The van der Waals surface area contributed by atoms with Crippen LogP contribution in [-0.4, -0.2) is 11.5 Å². The first-order valence-electron chi connectivity index (χ1n) is 4.19. The van der Waals surface area contributed by atoms with Crippen LogP contribution in [0.3, 0.4) is 0 Å². The molecule has 3 heteroatoms. The zero-order valence-electron chi connectivity index (χ0n) is 7.92. The predicted octanol–water partition coefficient (Wildman–Crippen LogP) is 1.47. The molecule has 68 valence electrons. The summed E-state index contributed by atoms with van der Waals surface area (Å²) in [7, 11) is 0. The van der Waals surface area contributed by atoms with Crippen molar-refractivity contribution in [2.24, 2.45) is 5.73 Å². The topological polar surface area (TPSA) is 52.0 Å². The molecule has 0 radical (unpaired) electrons. The van der Waals surface area contributed by atoms with Crippen LogP contribution in [0.15, 0.2) is 10.7 Å². The second-order valence-corrected chi connectivity index (χ2v) is 3.93. The lowest BCUT2D eigenvalue weighted by molar-refractivity contribution is 0.392. The number of hydrogen-bond donors (Lipinski definition) is 1. The molecule has 1 aromatic rings. The Morgan fingerprint density at radius 2 is 2.17 bits per heavy atom. The highest BCUT2D eigenvalue weighted by Gasteiger charge is 2.19. The van der Waals surface area contributed by atoms with Crippen LogP contribution >= 0.6 is 0 Å². The van der Waals surface area contributed by atoms with Gasteiger partial charge < -0.3 is 10.2 Å². The van der Waals surface area contributed by atoms with Gasteiger partial charge >= 0.3 is 0 Å². The molecule has 0 fully saturated rings. The van der Waals surface area contributed by atoms with Crippen molar-refractivity contribution in [3.05, 3.63) is 17.8 Å². The Hall–Kier alpha value is -0.830. The normalized spacial score (nSPS) is 12.0. The molecule has 0 saturated heterocycles. The van der Waals surface area contributed by atoms with E-state index in [1.165, 1.54) is 0 Å². The molecule has 1 rings (SSSR count). The Kier molecular flexibility index (Phi) is 2.52. The van der Waals surface area contributed by atoms with Crippen LogP contribution < -0.4 is 5.73 Å². The summed E-state index contributed by atoms with van der Waals surface area (Å²) in [5, 5.41) is 0. The molecule has 0 unspecified atom stereocenters. The van der Waals surface area contributed by atoms with Crippen molar-refractivity contribution in [1.82, 2.24) is 4.98 Å². The van der Waals surface area contributed by atoms with Crippen molar-refractivity contribution in [3.8, 4) is 0 Å². The number of aromatic nitrogens is 1. The third-order valence-corrected chi connectivity index (χ3v) is 1.59. The van der Waals surface area contributed by atoms with Crippen LogP contribution in [0, 0.1) is 0 Å². The smallest absolute Gasteiger partial charge is 0.199 e. The van der Waals surface area contributed by atoms with Gasteiger partial charge in [-0.15, -0.1) is 0 Å². The van der Waals surface area contributed by atoms with E-state index >= 15 is 0 Å². The van der Waals surface area contributed by atoms with Gasteiger partial charge in [0.15, 0.2) is 5.89 Å². The summed E-state index contributed by atoms with van der Waals surface area (Å²) >= 11 is 0. The maximum absolute atomic E-state index is 5.40. The van der Waals surface area contributed by atoms with Crippen molar-refractivity contribution < 1.29 is 4.42 Å². The number of nitrogens with two attached hydrogens (primary N) is 1. The van der Waals surface area contributed by atoms with Crippen LogP contribution in [0.4, 0.5) is 0 Å². The molecule has 0 aromatic carbocycles. The van der Waals surface area contributed by atoms with E-state index in [9.17, 15) is 0 Å². The van der Waals surface area contributed by atoms with E-state index in [4.69, 9.17) is 10.2 Å². The van der Waals surface area contributed by atoms with E-state index in [0.717, 1.165) is 18.0 Å². The van der Waals surface area contributed by atoms with E-state index in [0.29, 0.717) is 6.54 Å². The first-order chi connectivity index (χ1) is 5.54. The number of nitrogens with zero attached hydrogens (tertiary/aromatic N) is 1. The van der Waals surface area contributed by atoms with E-state index in [2.05, 4.69) is 25.8 Å². The molecule has 0 saturated carbocycles. The lowest BCUT2D eigenvalue weighted by Crippen LogP contribution is -2.12. The van der Waals surface area contributed by atoms with Gasteiger partial charge in [-0.3, -0.25) is 0 Å².